The first-order valence-electron chi connectivity index (χ1n) is 7.06. The number of piperidine rings is 1. The normalized spacial score (nSPS) is 21.6. The molecule has 2 amide bonds. The van der Waals surface area contributed by atoms with Crippen LogP contribution in [-0.4, -0.2) is 29.8 Å². The number of nitrogens with one attached hydrogen (secondary N) is 1. The van der Waals surface area contributed by atoms with Crippen LogP contribution in [0.5, 0.6) is 0 Å². The monoisotopic (exact) mass is 273 g/mol. The average Bonchev–Trinajstić information content (AvgIpc) is 2.94. The van der Waals surface area contributed by atoms with Gasteiger partial charge in [0.05, 0.1) is 5.92 Å². The fraction of sp³-hybridized carbons (Fsp3) is 0.467. The lowest BCUT2D eigenvalue weighted by atomic mass is 9.96. The van der Waals surface area contributed by atoms with Crippen molar-refractivity contribution in [3.8, 4) is 0 Å². The van der Waals surface area contributed by atoms with Crippen LogP contribution < -0.4 is 11.1 Å². The highest BCUT2D eigenvalue weighted by molar-refractivity contribution is 5.95. The summed E-state index contributed by atoms with van der Waals surface area (Å²) in [5, 5.41) is 3.27. The first-order valence-corrected chi connectivity index (χ1v) is 7.06. The van der Waals surface area contributed by atoms with Crippen molar-refractivity contribution in [3.63, 3.8) is 0 Å². The molecule has 1 unspecified atom stereocenters. The minimum Gasteiger partial charge on any atom is -0.369 e. The molecule has 0 spiro atoms. The molecule has 2 aliphatic heterocycles. The third-order valence-corrected chi connectivity index (χ3v) is 4.20. The standard InChI is InChI=1S/C15H19N3O2/c16-14(19)12-2-1-5-18(9-12)15(20)10-3-4-11-7-17-8-13(11)6-10/h3-4,6,12,17H,1-2,5,7-9H2,(H2,16,19). The second-order valence-corrected chi connectivity index (χ2v) is 5.58. The van der Waals surface area contributed by atoms with Crippen molar-refractivity contribution in [2.45, 2.75) is 25.9 Å². The Labute approximate surface area is 118 Å². The van der Waals surface area contributed by atoms with Gasteiger partial charge in [0.2, 0.25) is 5.91 Å². The first-order chi connectivity index (χ1) is 9.65. The fourth-order valence-corrected chi connectivity index (χ4v) is 3.00. The Balaban J connectivity index is 1.76. The van der Waals surface area contributed by atoms with Crippen molar-refractivity contribution in [1.29, 1.82) is 0 Å². The molecule has 1 saturated heterocycles. The Hall–Kier alpha value is -1.88. The third-order valence-electron chi connectivity index (χ3n) is 4.20. The van der Waals surface area contributed by atoms with Gasteiger partial charge in [-0.05, 0) is 36.1 Å². The van der Waals surface area contributed by atoms with Crippen LogP contribution in [0.2, 0.25) is 0 Å². The van der Waals surface area contributed by atoms with Gasteiger partial charge in [-0.1, -0.05) is 6.07 Å². The molecule has 1 fully saturated rings. The Morgan fingerprint density at radius 1 is 1.25 bits per heavy atom. The molecule has 0 saturated carbocycles. The lowest BCUT2D eigenvalue weighted by molar-refractivity contribution is -0.123. The highest BCUT2D eigenvalue weighted by Crippen LogP contribution is 2.21. The lowest BCUT2D eigenvalue weighted by Gasteiger charge is -2.31. The van der Waals surface area contributed by atoms with Crippen LogP contribution in [0, 0.1) is 5.92 Å². The molecule has 1 aromatic carbocycles. The third kappa shape index (κ3) is 2.41. The minimum atomic E-state index is -0.305. The Morgan fingerprint density at radius 3 is 2.85 bits per heavy atom. The van der Waals surface area contributed by atoms with Crippen molar-refractivity contribution < 1.29 is 9.59 Å². The predicted molar refractivity (Wildman–Crippen MR) is 74.8 cm³/mol. The minimum absolute atomic E-state index is 0.00523. The van der Waals surface area contributed by atoms with Crippen molar-refractivity contribution in [2.24, 2.45) is 11.7 Å². The number of nitrogens with two attached hydrogens (primary N) is 1. The highest BCUT2D eigenvalue weighted by Gasteiger charge is 2.27. The Kier molecular flexibility index (Phi) is 3.44. The number of carbonyl (C=O) groups excluding carboxylic acids is 2. The molecule has 2 heterocycles. The fourth-order valence-electron chi connectivity index (χ4n) is 3.00. The van der Waals surface area contributed by atoms with Crippen molar-refractivity contribution >= 4 is 11.8 Å². The zero-order chi connectivity index (χ0) is 14.1. The molecule has 0 radical (unpaired) electrons. The summed E-state index contributed by atoms with van der Waals surface area (Å²) in [5.74, 6) is -0.505. The molecule has 1 aromatic rings. The number of likely N-dealkylation sites (tertiary alicyclic amines) is 1. The number of hydrogen-bond acceptors (Lipinski definition) is 3. The number of hydrogen-bond donors (Lipinski definition) is 2. The van der Waals surface area contributed by atoms with Gasteiger partial charge in [0.15, 0.2) is 0 Å². The van der Waals surface area contributed by atoms with E-state index in [2.05, 4.69) is 5.32 Å². The van der Waals surface area contributed by atoms with Gasteiger partial charge in [-0.2, -0.15) is 0 Å². The molecule has 0 aliphatic carbocycles. The van der Waals surface area contributed by atoms with Crippen LogP contribution in [0.25, 0.3) is 0 Å². The largest absolute Gasteiger partial charge is 0.369 e. The molecule has 20 heavy (non-hydrogen) atoms. The maximum Gasteiger partial charge on any atom is 0.253 e. The molecular formula is C15H19N3O2. The lowest BCUT2D eigenvalue weighted by Crippen LogP contribution is -2.44. The first kappa shape index (κ1) is 13.1. The van der Waals surface area contributed by atoms with Crippen LogP contribution in [0.3, 0.4) is 0 Å². The van der Waals surface area contributed by atoms with Crippen LogP contribution in [0.4, 0.5) is 0 Å². The van der Waals surface area contributed by atoms with Gasteiger partial charge in [-0.15, -0.1) is 0 Å². The van der Waals surface area contributed by atoms with Crippen LogP contribution in [-0.2, 0) is 17.9 Å². The van der Waals surface area contributed by atoms with Gasteiger partial charge < -0.3 is 16.0 Å². The molecule has 0 bridgehead atoms. The summed E-state index contributed by atoms with van der Waals surface area (Å²) in [5.41, 5.74) is 8.52. The highest BCUT2D eigenvalue weighted by atomic mass is 16.2. The van der Waals surface area contributed by atoms with E-state index in [1.54, 1.807) is 4.90 Å². The van der Waals surface area contributed by atoms with Gasteiger partial charge in [-0.3, -0.25) is 9.59 Å². The zero-order valence-electron chi connectivity index (χ0n) is 11.4. The van der Waals surface area contributed by atoms with Crippen LogP contribution in [0.1, 0.15) is 34.3 Å². The van der Waals surface area contributed by atoms with E-state index < -0.39 is 0 Å². The van der Waals surface area contributed by atoms with Gasteiger partial charge in [0.1, 0.15) is 0 Å². The van der Waals surface area contributed by atoms with Gasteiger partial charge in [-0.25, -0.2) is 0 Å². The molecule has 106 valence electrons. The number of rotatable bonds is 2. The van der Waals surface area contributed by atoms with Crippen molar-refractivity contribution in [2.75, 3.05) is 13.1 Å². The summed E-state index contributed by atoms with van der Waals surface area (Å²) < 4.78 is 0. The second-order valence-electron chi connectivity index (χ2n) is 5.58. The molecule has 0 aromatic heterocycles. The van der Waals surface area contributed by atoms with Crippen LogP contribution >= 0.6 is 0 Å². The number of amides is 2. The summed E-state index contributed by atoms with van der Waals surface area (Å²) in [6.07, 6.45) is 1.62. The maximum atomic E-state index is 12.5. The summed E-state index contributed by atoms with van der Waals surface area (Å²) in [6, 6.07) is 5.85. The Morgan fingerprint density at radius 2 is 2.05 bits per heavy atom. The molecule has 5 heteroatoms. The smallest absolute Gasteiger partial charge is 0.253 e. The number of carbonyl (C=O) groups is 2. The SMILES string of the molecule is NC(=O)C1CCCN(C(=O)c2ccc3c(c2)CNC3)C1. The molecule has 2 aliphatic rings. The molecule has 1 atom stereocenters. The topological polar surface area (TPSA) is 75.4 Å². The van der Waals surface area contributed by atoms with Crippen molar-refractivity contribution in [3.05, 3.63) is 34.9 Å². The predicted octanol–water partition coefficient (Wildman–Crippen LogP) is 0.627. The average molecular weight is 273 g/mol. The van der Waals surface area contributed by atoms with E-state index in [-0.39, 0.29) is 17.7 Å². The van der Waals surface area contributed by atoms with E-state index in [4.69, 9.17) is 5.73 Å². The quantitative estimate of drug-likeness (QED) is 0.829. The molecule has 3 N–H and O–H groups in total. The number of nitrogens with zero attached hydrogens (tertiary/aromatic N) is 1. The van der Waals surface area contributed by atoms with E-state index in [1.165, 1.54) is 11.1 Å². The zero-order valence-corrected chi connectivity index (χ0v) is 11.4. The summed E-state index contributed by atoms with van der Waals surface area (Å²) >= 11 is 0. The second kappa shape index (κ2) is 5.25. The molecule has 5 nitrogen and oxygen atoms in total. The summed E-state index contributed by atoms with van der Waals surface area (Å²) in [6.45, 7) is 2.85. The van der Waals surface area contributed by atoms with E-state index >= 15 is 0 Å². The molecular weight excluding hydrogens is 254 g/mol. The molecule has 3 rings (SSSR count). The van der Waals surface area contributed by atoms with E-state index in [0.29, 0.717) is 18.7 Å². The number of benzene rings is 1. The van der Waals surface area contributed by atoms with Gasteiger partial charge in [0, 0.05) is 31.7 Å². The van der Waals surface area contributed by atoms with Gasteiger partial charge >= 0.3 is 0 Å². The van der Waals surface area contributed by atoms with E-state index in [9.17, 15) is 9.59 Å². The van der Waals surface area contributed by atoms with Crippen LogP contribution in [0.15, 0.2) is 18.2 Å². The number of fused-ring (bicyclic) bond motifs is 1. The van der Waals surface area contributed by atoms with Crippen molar-refractivity contribution in [1.82, 2.24) is 10.2 Å². The van der Waals surface area contributed by atoms with Gasteiger partial charge in [0.25, 0.3) is 5.91 Å². The van der Waals surface area contributed by atoms with E-state index in [0.717, 1.165) is 25.9 Å². The van der Waals surface area contributed by atoms with E-state index in [1.807, 2.05) is 18.2 Å². The Bertz CT molecular complexity index is 556. The summed E-state index contributed by atoms with van der Waals surface area (Å²) in [4.78, 5) is 25.6. The number of primary amides is 1. The summed E-state index contributed by atoms with van der Waals surface area (Å²) in [7, 11) is 0. The maximum absolute atomic E-state index is 12.5.